The zero-order chi connectivity index (χ0) is 13.7. The summed E-state index contributed by atoms with van der Waals surface area (Å²) in [5.74, 6) is 0.667. The highest BCUT2D eigenvalue weighted by molar-refractivity contribution is 5.29. The summed E-state index contributed by atoms with van der Waals surface area (Å²) < 4.78 is 7.35. The Hall–Kier alpha value is -1.88. The van der Waals surface area contributed by atoms with E-state index in [0.29, 0.717) is 17.9 Å². The van der Waals surface area contributed by atoms with Crippen LogP contribution in [0.1, 0.15) is 37.6 Å². The molecule has 0 amide bonds. The fourth-order valence-corrected chi connectivity index (χ4v) is 1.99. The maximum absolute atomic E-state index is 10.4. The predicted molar refractivity (Wildman–Crippen MR) is 72.0 cm³/mol. The Balaban J connectivity index is 2.25. The second-order valence-corrected chi connectivity index (χ2v) is 4.30. The number of aryl methyl sites for hydroxylation is 1. The molecule has 0 bridgehead atoms. The number of hydrogen-bond donors (Lipinski definition) is 1. The van der Waals surface area contributed by atoms with E-state index in [2.05, 4.69) is 16.9 Å². The van der Waals surface area contributed by atoms with Gasteiger partial charge in [-0.1, -0.05) is 6.92 Å². The number of nitrogens with zero attached hydrogens (tertiary/aromatic N) is 3. The summed E-state index contributed by atoms with van der Waals surface area (Å²) >= 11 is 0. The molecule has 0 aliphatic rings. The maximum atomic E-state index is 10.4. The monoisotopic (exact) mass is 261 g/mol. The van der Waals surface area contributed by atoms with Crippen LogP contribution in [0.15, 0.2) is 31.0 Å². The van der Waals surface area contributed by atoms with Gasteiger partial charge in [0.15, 0.2) is 0 Å². The molecule has 2 rings (SSSR count). The zero-order valence-electron chi connectivity index (χ0n) is 11.3. The number of ether oxygens (including phenoxy) is 1. The standard InChI is InChI=1S/C14H19N3O2/c1-3-5-17-10-16-9-13(17)14(18)11-6-12(19-4-2)8-15-7-11/h6-10,14,18H,3-5H2,1-2H3. The lowest BCUT2D eigenvalue weighted by molar-refractivity contribution is 0.208. The summed E-state index contributed by atoms with van der Waals surface area (Å²) in [6.45, 7) is 5.42. The quantitative estimate of drug-likeness (QED) is 0.865. The lowest BCUT2D eigenvalue weighted by Gasteiger charge is -2.14. The molecule has 5 heteroatoms. The van der Waals surface area contributed by atoms with Crippen LogP contribution in [0.5, 0.6) is 5.75 Å². The molecule has 0 aromatic carbocycles. The second-order valence-electron chi connectivity index (χ2n) is 4.30. The molecule has 0 fully saturated rings. The molecule has 2 aromatic heterocycles. The van der Waals surface area contributed by atoms with Crippen LogP contribution in [-0.2, 0) is 6.54 Å². The van der Waals surface area contributed by atoms with Gasteiger partial charge < -0.3 is 14.4 Å². The zero-order valence-corrected chi connectivity index (χ0v) is 11.3. The molecule has 0 aliphatic heterocycles. The number of aliphatic hydroxyl groups excluding tert-OH is 1. The molecule has 0 saturated heterocycles. The van der Waals surface area contributed by atoms with Gasteiger partial charge in [-0.2, -0.15) is 0 Å². The van der Waals surface area contributed by atoms with Crippen molar-refractivity contribution in [2.45, 2.75) is 32.9 Å². The van der Waals surface area contributed by atoms with E-state index in [9.17, 15) is 5.11 Å². The van der Waals surface area contributed by atoms with Crippen LogP contribution in [0, 0.1) is 0 Å². The van der Waals surface area contributed by atoms with Crippen molar-refractivity contribution in [3.63, 3.8) is 0 Å². The maximum Gasteiger partial charge on any atom is 0.137 e. The lowest BCUT2D eigenvalue weighted by atomic mass is 10.1. The molecule has 0 saturated carbocycles. The van der Waals surface area contributed by atoms with Crippen LogP contribution in [0.25, 0.3) is 0 Å². The van der Waals surface area contributed by atoms with Crippen molar-refractivity contribution in [1.82, 2.24) is 14.5 Å². The fraction of sp³-hybridized carbons (Fsp3) is 0.429. The van der Waals surface area contributed by atoms with Gasteiger partial charge in [0.05, 0.1) is 31.0 Å². The van der Waals surface area contributed by atoms with Crippen molar-refractivity contribution in [2.75, 3.05) is 6.61 Å². The van der Waals surface area contributed by atoms with Crippen molar-refractivity contribution < 1.29 is 9.84 Å². The summed E-state index contributed by atoms with van der Waals surface area (Å²) in [4.78, 5) is 8.19. The van der Waals surface area contributed by atoms with Crippen molar-refractivity contribution in [2.24, 2.45) is 0 Å². The average Bonchev–Trinajstić information content (AvgIpc) is 2.87. The molecule has 0 radical (unpaired) electrons. The Bertz CT molecular complexity index is 525. The largest absolute Gasteiger partial charge is 0.492 e. The minimum absolute atomic E-state index is 0.578. The van der Waals surface area contributed by atoms with Crippen LogP contribution >= 0.6 is 0 Å². The van der Waals surface area contributed by atoms with Crippen molar-refractivity contribution in [3.8, 4) is 5.75 Å². The molecule has 1 unspecified atom stereocenters. The lowest BCUT2D eigenvalue weighted by Crippen LogP contribution is -2.08. The molecule has 1 N–H and O–H groups in total. The first-order chi connectivity index (χ1) is 9.26. The van der Waals surface area contributed by atoms with Crippen LogP contribution in [0.4, 0.5) is 0 Å². The Kier molecular flexibility index (Phi) is 4.52. The Labute approximate surface area is 112 Å². The average molecular weight is 261 g/mol. The molecule has 2 heterocycles. The third-order valence-electron chi connectivity index (χ3n) is 2.85. The van der Waals surface area contributed by atoms with Gasteiger partial charge in [-0.3, -0.25) is 4.98 Å². The Morgan fingerprint density at radius 2 is 2.11 bits per heavy atom. The molecule has 2 aromatic rings. The van der Waals surface area contributed by atoms with Crippen LogP contribution in [-0.4, -0.2) is 26.2 Å². The van der Waals surface area contributed by atoms with Gasteiger partial charge >= 0.3 is 0 Å². The van der Waals surface area contributed by atoms with E-state index in [1.807, 2.05) is 17.6 Å². The highest BCUT2D eigenvalue weighted by Crippen LogP contribution is 2.24. The third-order valence-corrected chi connectivity index (χ3v) is 2.85. The molecule has 102 valence electrons. The Morgan fingerprint density at radius 1 is 1.26 bits per heavy atom. The topological polar surface area (TPSA) is 60.2 Å². The van der Waals surface area contributed by atoms with Crippen LogP contribution in [0.3, 0.4) is 0 Å². The molecule has 0 aliphatic carbocycles. The van der Waals surface area contributed by atoms with Gasteiger partial charge in [-0.15, -0.1) is 0 Å². The van der Waals surface area contributed by atoms with Gasteiger partial charge in [0, 0.05) is 18.3 Å². The Morgan fingerprint density at radius 3 is 2.84 bits per heavy atom. The first-order valence-corrected chi connectivity index (χ1v) is 6.52. The first kappa shape index (κ1) is 13.5. The van der Waals surface area contributed by atoms with E-state index in [-0.39, 0.29) is 0 Å². The van der Waals surface area contributed by atoms with E-state index < -0.39 is 6.10 Å². The van der Waals surface area contributed by atoms with Gasteiger partial charge in [0.2, 0.25) is 0 Å². The van der Waals surface area contributed by atoms with E-state index in [4.69, 9.17) is 4.74 Å². The fourth-order valence-electron chi connectivity index (χ4n) is 1.99. The van der Waals surface area contributed by atoms with Crippen LogP contribution < -0.4 is 4.74 Å². The minimum atomic E-state index is -0.734. The third kappa shape index (κ3) is 3.12. The van der Waals surface area contributed by atoms with E-state index in [0.717, 1.165) is 18.7 Å². The van der Waals surface area contributed by atoms with E-state index >= 15 is 0 Å². The number of imidazole rings is 1. The second kappa shape index (κ2) is 6.33. The van der Waals surface area contributed by atoms with Gasteiger partial charge in [-0.05, 0) is 19.4 Å². The predicted octanol–water partition coefficient (Wildman–Crippen LogP) is 2.17. The molecule has 0 spiro atoms. The molecule has 5 nitrogen and oxygen atoms in total. The summed E-state index contributed by atoms with van der Waals surface area (Å²) in [5, 5.41) is 10.4. The van der Waals surface area contributed by atoms with Gasteiger partial charge in [-0.25, -0.2) is 4.98 Å². The van der Waals surface area contributed by atoms with Crippen LogP contribution in [0.2, 0.25) is 0 Å². The number of rotatable bonds is 6. The summed E-state index contributed by atoms with van der Waals surface area (Å²) in [7, 11) is 0. The summed E-state index contributed by atoms with van der Waals surface area (Å²) in [5.41, 5.74) is 1.49. The first-order valence-electron chi connectivity index (χ1n) is 6.52. The summed E-state index contributed by atoms with van der Waals surface area (Å²) in [6.07, 6.45) is 6.98. The van der Waals surface area contributed by atoms with Crippen molar-refractivity contribution >= 4 is 0 Å². The van der Waals surface area contributed by atoms with E-state index in [1.54, 1.807) is 24.9 Å². The molecular weight excluding hydrogens is 242 g/mol. The number of hydrogen-bond acceptors (Lipinski definition) is 4. The minimum Gasteiger partial charge on any atom is -0.492 e. The van der Waals surface area contributed by atoms with Gasteiger partial charge in [0.1, 0.15) is 11.9 Å². The van der Waals surface area contributed by atoms with Crippen molar-refractivity contribution in [3.05, 3.63) is 42.2 Å². The highest BCUT2D eigenvalue weighted by atomic mass is 16.5. The number of aromatic nitrogens is 3. The molecule has 1 atom stereocenters. The SMILES string of the molecule is CCCn1cncc1C(O)c1cncc(OCC)c1. The number of pyridine rings is 1. The number of aliphatic hydroxyl groups is 1. The van der Waals surface area contributed by atoms with Gasteiger partial charge in [0.25, 0.3) is 0 Å². The smallest absolute Gasteiger partial charge is 0.137 e. The normalized spacial score (nSPS) is 12.4. The molecular formula is C14H19N3O2. The summed E-state index contributed by atoms with van der Waals surface area (Å²) in [6, 6.07) is 1.81. The highest BCUT2D eigenvalue weighted by Gasteiger charge is 2.16. The molecule has 19 heavy (non-hydrogen) atoms. The van der Waals surface area contributed by atoms with E-state index in [1.165, 1.54) is 0 Å². The van der Waals surface area contributed by atoms with Crippen molar-refractivity contribution in [1.29, 1.82) is 0 Å².